The number of hydrogen-bond donors (Lipinski definition) is 2. The first-order valence-corrected chi connectivity index (χ1v) is 6.29. The molecule has 1 aromatic rings. The predicted octanol–water partition coefficient (Wildman–Crippen LogP) is 2.34. The molecule has 1 fully saturated rings. The van der Waals surface area contributed by atoms with Gasteiger partial charge in [-0.25, -0.2) is 4.79 Å². The third-order valence-corrected chi connectivity index (χ3v) is 3.62. The van der Waals surface area contributed by atoms with Crippen LogP contribution in [0.15, 0.2) is 29.2 Å². The van der Waals surface area contributed by atoms with Crippen LogP contribution in [0.5, 0.6) is 0 Å². The van der Waals surface area contributed by atoms with E-state index in [0.29, 0.717) is 12.2 Å². The Morgan fingerprint density at radius 1 is 1.47 bits per heavy atom. The molecule has 5 heteroatoms. The minimum atomic E-state index is -1.11. The molecular weight excluding hydrogens is 246 g/mol. The van der Waals surface area contributed by atoms with Crippen LogP contribution in [-0.4, -0.2) is 17.0 Å². The van der Waals surface area contributed by atoms with Gasteiger partial charge in [0, 0.05) is 0 Å². The summed E-state index contributed by atoms with van der Waals surface area (Å²) >= 11 is 0. The van der Waals surface area contributed by atoms with E-state index < -0.39 is 5.97 Å². The summed E-state index contributed by atoms with van der Waals surface area (Å²) in [6, 6.07) is 2.94. The van der Waals surface area contributed by atoms with E-state index in [2.05, 4.69) is 11.9 Å². The average molecular weight is 263 g/mol. The van der Waals surface area contributed by atoms with Gasteiger partial charge < -0.3 is 14.8 Å². The van der Waals surface area contributed by atoms with Crippen molar-refractivity contribution in [3.05, 3.63) is 36.3 Å². The van der Waals surface area contributed by atoms with Gasteiger partial charge in [-0.3, -0.25) is 4.79 Å². The highest BCUT2D eigenvalue weighted by Gasteiger charge is 2.42. The van der Waals surface area contributed by atoms with E-state index in [4.69, 9.17) is 9.52 Å². The summed E-state index contributed by atoms with van der Waals surface area (Å²) in [5.74, 6) is -0.792. The third-order valence-electron chi connectivity index (χ3n) is 3.62. The number of carboxylic acids is 1. The van der Waals surface area contributed by atoms with Crippen molar-refractivity contribution in [1.82, 2.24) is 5.32 Å². The number of amides is 1. The van der Waals surface area contributed by atoms with Crippen molar-refractivity contribution in [3.8, 4) is 0 Å². The van der Waals surface area contributed by atoms with Crippen LogP contribution in [0, 0.1) is 5.41 Å². The molecule has 0 atom stereocenters. The molecule has 1 amide bonds. The Balaban J connectivity index is 1.92. The van der Waals surface area contributed by atoms with Crippen LogP contribution in [0.2, 0.25) is 0 Å². The number of rotatable bonds is 6. The lowest BCUT2D eigenvalue weighted by Gasteiger charge is -2.39. The Morgan fingerprint density at radius 2 is 2.21 bits per heavy atom. The third kappa shape index (κ3) is 2.70. The second-order valence-corrected chi connectivity index (χ2v) is 4.88. The molecule has 1 heterocycles. The minimum absolute atomic E-state index is 0.00748. The normalized spacial score (nSPS) is 16.4. The van der Waals surface area contributed by atoms with Crippen molar-refractivity contribution in [2.75, 3.05) is 0 Å². The lowest BCUT2D eigenvalue weighted by molar-refractivity contribution is -0.136. The fourth-order valence-electron chi connectivity index (χ4n) is 2.35. The number of aromatic carboxylic acids is 1. The SMILES string of the molecule is C=CCC1(C(=O)NCc2ccc(C(=O)O)o2)CCC1. The van der Waals surface area contributed by atoms with Gasteiger partial charge in [-0.05, 0) is 31.4 Å². The van der Waals surface area contributed by atoms with Crippen LogP contribution in [0.4, 0.5) is 0 Å². The molecule has 0 aromatic carbocycles. The van der Waals surface area contributed by atoms with Gasteiger partial charge in [-0.2, -0.15) is 0 Å². The summed E-state index contributed by atoms with van der Waals surface area (Å²) in [6.07, 6.45) is 5.27. The summed E-state index contributed by atoms with van der Waals surface area (Å²) in [7, 11) is 0. The first-order valence-electron chi connectivity index (χ1n) is 6.29. The minimum Gasteiger partial charge on any atom is -0.475 e. The van der Waals surface area contributed by atoms with Gasteiger partial charge in [0.25, 0.3) is 0 Å². The van der Waals surface area contributed by atoms with Crippen LogP contribution in [0.1, 0.15) is 42.0 Å². The second-order valence-electron chi connectivity index (χ2n) is 4.88. The van der Waals surface area contributed by atoms with Gasteiger partial charge in [0.05, 0.1) is 12.0 Å². The summed E-state index contributed by atoms with van der Waals surface area (Å²) in [4.78, 5) is 22.8. The van der Waals surface area contributed by atoms with Crippen molar-refractivity contribution < 1.29 is 19.1 Å². The molecule has 1 aliphatic rings. The molecule has 5 nitrogen and oxygen atoms in total. The van der Waals surface area contributed by atoms with Gasteiger partial charge in [0.15, 0.2) is 0 Å². The Kier molecular flexibility index (Phi) is 3.74. The highest BCUT2D eigenvalue weighted by molar-refractivity contribution is 5.84. The van der Waals surface area contributed by atoms with E-state index in [-0.39, 0.29) is 23.6 Å². The topological polar surface area (TPSA) is 79.5 Å². The molecule has 1 saturated carbocycles. The van der Waals surface area contributed by atoms with E-state index >= 15 is 0 Å². The maximum atomic E-state index is 12.1. The van der Waals surface area contributed by atoms with Crippen LogP contribution in [0.25, 0.3) is 0 Å². The zero-order valence-corrected chi connectivity index (χ0v) is 10.6. The number of nitrogens with one attached hydrogen (secondary N) is 1. The summed E-state index contributed by atoms with van der Waals surface area (Å²) in [5, 5.41) is 11.5. The van der Waals surface area contributed by atoms with Gasteiger partial charge in [-0.15, -0.1) is 6.58 Å². The highest BCUT2D eigenvalue weighted by Crippen LogP contribution is 2.44. The number of carbonyl (C=O) groups is 2. The molecular formula is C14H17NO4. The Bertz CT molecular complexity index is 499. The molecule has 0 radical (unpaired) electrons. The molecule has 0 saturated heterocycles. The fourth-order valence-corrected chi connectivity index (χ4v) is 2.35. The first-order chi connectivity index (χ1) is 9.07. The standard InChI is InChI=1S/C14H17NO4/c1-2-6-14(7-3-8-14)13(18)15-9-10-4-5-11(19-10)12(16)17/h2,4-5H,1,3,6-9H2,(H,15,18)(H,16,17). The maximum Gasteiger partial charge on any atom is 0.371 e. The van der Waals surface area contributed by atoms with Crippen LogP contribution in [0.3, 0.4) is 0 Å². The summed E-state index contributed by atoms with van der Waals surface area (Å²) in [5.41, 5.74) is -0.316. The lowest BCUT2D eigenvalue weighted by Crippen LogP contribution is -2.45. The van der Waals surface area contributed by atoms with E-state index in [1.54, 1.807) is 12.1 Å². The quantitative estimate of drug-likeness (QED) is 0.772. The number of carbonyl (C=O) groups excluding carboxylic acids is 1. The highest BCUT2D eigenvalue weighted by atomic mass is 16.4. The Hall–Kier alpha value is -2.04. The van der Waals surface area contributed by atoms with Crippen LogP contribution < -0.4 is 5.32 Å². The largest absolute Gasteiger partial charge is 0.475 e. The van der Waals surface area contributed by atoms with E-state index in [0.717, 1.165) is 19.3 Å². The number of allylic oxidation sites excluding steroid dienone is 1. The second kappa shape index (κ2) is 5.30. The van der Waals surface area contributed by atoms with Crippen molar-refractivity contribution in [1.29, 1.82) is 0 Å². The molecule has 2 rings (SSSR count). The smallest absolute Gasteiger partial charge is 0.371 e. The zero-order chi connectivity index (χ0) is 13.9. The van der Waals surface area contributed by atoms with Gasteiger partial charge in [0.1, 0.15) is 5.76 Å². The lowest BCUT2D eigenvalue weighted by atomic mass is 9.66. The number of furan rings is 1. The molecule has 0 bridgehead atoms. The van der Waals surface area contributed by atoms with Crippen molar-refractivity contribution in [2.24, 2.45) is 5.41 Å². The van der Waals surface area contributed by atoms with Gasteiger partial charge in [-0.1, -0.05) is 12.5 Å². The fraction of sp³-hybridized carbons (Fsp3) is 0.429. The summed E-state index contributed by atoms with van der Waals surface area (Å²) in [6.45, 7) is 3.90. The average Bonchev–Trinajstić information content (AvgIpc) is 2.79. The molecule has 2 N–H and O–H groups in total. The van der Waals surface area contributed by atoms with Crippen LogP contribution in [-0.2, 0) is 11.3 Å². The van der Waals surface area contributed by atoms with Crippen molar-refractivity contribution in [3.63, 3.8) is 0 Å². The molecule has 1 aliphatic carbocycles. The van der Waals surface area contributed by atoms with Crippen molar-refractivity contribution in [2.45, 2.75) is 32.2 Å². The monoisotopic (exact) mass is 263 g/mol. The van der Waals surface area contributed by atoms with Gasteiger partial charge in [0.2, 0.25) is 11.7 Å². The molecule has 1 aromatic heterocycles. The van der Waals surface area contributed by atoms with Gasteiger partial charge >= 0.3 is 5.97 Å². The van der Waals surface area contributed by atoms with Crippen LogP contribution >= 0.6 is 0 Å². The Labute approximate surface area is 111 Å². The predicted molar refractivity (Wildman–Crippen MR) is 68.6 cm³/mol. The molecule has 0 unspecified atom stereocenters. The summed E-state index contributed by atoms with van der Waals surface area (Å²) < 4.78 is 5.09. The van der Waals surface area contributed by atoms with E-state index in [1.165, 1.54) is 6.07 Å². The Morgan fingerprint density at radius 3 is 2.68 bits per heavy atom. The first kappa shape index (κ1) is 13.4. The van der Waals surface area contributed by atoms with Crippen molar-refractivity contribution >= 4 is 11.9 Å². The van der Waals surface area contributed by atoms with E-state index in [1.807, 2.05) is 0 Å². The maximum absolute atomic E-state index is 12.1. The molecule has 0 aliphatic heterocycles. The molecule has 0 spiro atoms. The molecule has 19 heavy (non-hydrogen) atoms. The number of hydrogen-bond acceptors (Lipinski definition) is 3. The molecule has 102 valence electrons. The zero-order valence-electron chi connectivity index (χ0n) is 10.6. The number of carboxylic acid groups (broad SMARTS) is 1. The van der Waals surface area contributed by atoms with E-state index in [9.17, 15) is 9.59 Å².